The molecule has 1 aliphatic heterocycles. The van der Waals surface area contributed by atoms with E-state index < -0.39 is 10.0 Å². The van der Waals surface area contributed by atoms with Crippen LogP contribution < -0.4 is 5.32 Å². The Bertz CT molecular complexity index is 829. The molecular formula is C27H49N3O3S. The molecule has 4 rings (SSSR count). The fourth-order valence-electron chi connectivity index (χ4n) is 7.77. The van der Waals surface area contributed by atoms with Crippen molar-refractivity contribution in [1.82, 2.24) is 14.5 Å². The molecule has 1 N–H and O–H groups in total. The first-order chi connectivity index (χ1) is 16.3. The van der Waals surface area contributed by atoms with Crippen molar-refractivity contribution < 1.29 is 13.2 Å². The van der Waals surface area contributed by atoms with Gasteiger partial charge in [0.15, 0.2) is 0 Å². The zero-order valence-electron chi connectivity index (χ0n) is 22.3. The molecule has 196 valence electrons. The number of hydrogen-bond acceptors (Lipinski definition) is 5. The summed E-state index contributed by atoms with van der Waals surface area (Å²) in [5.74, 6) is 1.37. The van der Waals surface area contributed by atoms with Crippen molar-refractivity contribution in [2.45, 2.75) is 101 Å². The van der Waals surface area contributed by atoms with Gasteiger partial charge in [-0.05, 0) is 89.6 Å². The van der Waals surface area contributed by atoms with E-state index in [1.165, 1.54) is 25.7 Å². The van der Waals surface area contributed by atoms with Crippen molar-refractivity contribution >= 4 is 10.0 Å². The van der Waals surface area contributed by atoms with Crippen molar-refractivity contribution in [1.29, 1.82) is 0 Å². The maximum atomic E-state index is 14.1. The van der Waals surface area contributed by atoms with Crippen molar-refractivity contribution in [3.63, 3.8) is 0 Å². The Morgan fingerprint density at radius 2 is 1.94 bits per heavy atom. The van der Waals surface area contributed by atoms with Crippen LogP contribution in [0.4, 0.5) is 0 Å². The van der Waals surface area contributed by atoms with Gasteiger partial charge in [0.05, 0.1) is 17.4 Å². The van der Waals surface area contributed by atoms with E-state index in [2.05, 4.69) is 38.2 Å². The van der Waals surface area contributed by atoms with E-state index in [9.17, 15) is 8.42 Å². The topological polar surface area (TPSA) is 61.9 Å². The average Bonchev–Trinajstić information content (AvgIpc) is 2.81. The van der Waals surface area contributed by atoms with Crippen LogP contribution in [0.15, 0.2) is 11.1 Å². The number of piperazine rings is 1. The maximum Gasteiger partial charge on any atom is 0.217 e. The highest BCUT2D eigenvalue weighted by atomic mass is 32.2. The lowest BCUT2D eigenvalue weighted by atomic mass is 9.67. The van der Waals surface area contributed by atoms with Gasteiger partial charge < -0.3 is 15.0 Å². The molecule has 0 bridgehead atoms. The molecule has 0 aromatic carbocycles. The van der Waals surface area contributed by atoms with Gasteiger partial charge in [-0.1, -0.05) is 31.4 Å². The summed E-state index contributed by atoms with van der Waals surface area (Å²) in [5.41, 5.74) is 3.39. The summed E-state index contributed by atoms with van der Waals surface area (Å²) in [6.45, 7) is 6.92. The predicted molar refractivity (Wildman–Crippen MR) is 139 cm³/mol. The predicted octanol–water partition coefficient (Wildman–Crippen LogP) is 4.03. The fraction of sp³-hybridized carbons (Fsp3) is 0.926. The van der Waals surface area contributed by atoms with Gasteiger partial charge in [-0.2, -0.15) is 4.31 Å². The first kappa shape index (κ1) is 26.6. The minimum absolute atomic E-state index is 0.00506. The zero-order chi connectivity index (χ0) is 24.5. The molecule has 7 atom stereocenters. The second-order valence-electron chi connectivity index (χ2n) is 11.5. The van der Waals surface area contributed by atoms with Crippen molar-refractivity contribution in [2.24, 2.45) is 17.8 Å². The van der Waals surface area contributed by atoms with Crippen LogP contribution in [0, 0.1) is 17.8 Å². The normalized spacial score (nSPS) is 36.7. The van der Waals surface area contributed by atoms with Gasteiger partial charge in [0, 0.05) is 32.8 Å². The SMILES string of the molecule is CCCC1=C(C(CNC)C2CCC(S(=O)(=O)N3CCN(C)C4CCCC(OC)C43)C(C)C2)CC1. The summed E-state index contributed by atoms with van der Waals surface area (Å²) in [4.78, 5) is 2.37. The summed E-state index contributed by atoms with van der Waals surface area (Å²) in [6, 6.07) is 0.234. The second kappa shape index (κ2) is 11.3. The maximum absolute atomic E-state index is 14.1. The number of likely N-dealkylation sites (N-methyl/N-ethyl adjacent to an activating group) is 1. The van der Waals surface area contributed by atoms with E-state index in [4.69, 9.17) is 4.74 Å². The number of nitrogens with one attached hydrogen (secondary N) is 1. The van der Waals surface area contributed by atoms with Crippen molar-refractivity contribution in [2.75, 3.05) is 40.8 Å². The summed E-state index contributed by atoms with van der Waals surface area (Å²) in [7, 11) is 2.60. The molecule has 1 saturated heterocycles. The van der Waals surface area contributed by atoms with E-state index in [0.717, 1.165) is 51.6 Å². The number of methoxy groups -OCH3 is 1. The smallest absolute Gasteiger partial charge is 0.217 e. The van der Waals surface area contributed by atoms with Crippen LogP contribution in [0.3, 0.4) is 0 Å². The zero-order valence-corrected chi connectivity index (χ0v) is 23.1. The lowest BCUT2D eigenvalue weighted by Crippen LogP contribution is -2.66. The molecule has 1 heterocycles. The van der Waals surface area contributed by atoms with Crippen LogP contribution in [-0.4, -0.2) is 81.9 Å². The van der Waals surface area contributed by atoms with Crippen molar-refractivity contribution in [3.8, 4) is 0 Å². The molecule has 6 nitrogen and oxygen atoms in total. The molecule has 34 heavy (non-hydrogen) atoms. The number of hydrogen-bond donors (Lipinski definition) is 1. The standard InChI is InChI=1S/C27H49N3O3S/c1-6-8-20-11-13-22(20)23(18-28-3)21-12-14-26(19(2)17-21)34(31,32)30-16-15-29(4)24-9-7-10-25(33-5)27(24)30/h19,21,23-28H,6-18H2,1-5H3. The minimum atomic E-state index is -3.36. The Morgan fingerprint density at radius 1 is 1.15 bits per heavy atom. The quantitative estimate of drug-likeness (QED) is 0.490. The number of sulfonamides is 1. The van der Waals surface area contributed by atoms with E-state index in [0.29, 0.717) is 18.4 Å². The number of ether oxygens (including phenoxy) is 1. The van der Waals surface area contributed by atoms with Gasteiger partial charge in [0.2, 0.25) is 10.0 Å². The van der Waals surface area contributed by atoms with Gasteiger partial charge >= 0.3 is 0 Å². The third-order valence-corrected chi connectivity index (χ3v) is 12.2. The molecule has 0 spiro atoms. The number of rotatable bonds is 9. The highest BCUT2D eigenvalue weighted by molar-refractivity contribution is 7.89. The van der Waals surface area contributed by atoms with Crippen LogP contribution in [0.5, 0.6) is 0 Å². The Labute approximate surface area is 208 Å². The molecule has 7 unspecified atom stereocenters. The van der Waals surface area contributed by atoms with Gasteiger partial charge in [-0.3, -0.25) is 0 Å². The van der Waals surface area contributed by atoms with Crippen LogP contribution in [0.2, 0.25) is 0 Å². The van der Waals surface area contributed by atoms with Crippen LogP contribution in [0.1, 0.15) is 78.1 Å². The summed E-state index contributed by atoms with van der Waals surface area (Å²) in [6.07, 6.45) is 11.0. The summed E-state index contributed by atoms with van der Waals surface area (Å²) >= 11 is 0. The van der Waals surface area contributed by atoms with E-state index in [1.54, 1.807) is 18.3 Å². The lowest BCUT2D eigenvalue weighted by Gasteiger charge is -2.52. The number of allylic oxidation sites excluding steroid dienone is 1. The summed E-state index contributed by atoms with van der Waals surface area (Å²) in [5, 5.41) is 3.20. The van der Waals surface area contributed by atoms with Gasteiger partial charge in [0.25, 0.3) is 0 Å². The molecule has 0 aromatic heterocycles. The second-order valence-corrected chi connectivity index (χ2v) is 13.6. The summed E-state index contributed by atoms with van der Waals surface area (Å²) < 4.78 is 36.0. The van der Waals surface area contributed by atoms with Gasteiger partial charge in [-0.15, -0.1) is 0 Å². The van der Waals surface area contributed by atoms with E-state index in [1.807, 2.05) is 4.31 Å². The van der Waals surface area contributed by atoms with Crippen LogP contribution in [0.25, 0.3) is 0 Å². The molecule has 0 aromatic rings. The molecule has 0 radical (unpaired) electrons. The number of fused-ring (bicyclic) bond motifs is 1. The van der Waals surface area contributed by atoms with E-state index >= 15 is 0 Å². The first-order valence-electron chi connectivity index (χ1n) is 13.9. The largest absolute Gasteiger partial charge is 0.380 e. The molecular weight excluding hydrogens is 446 g/mol. The van der Waals surface area contributed by atoms with Crippen molar-refractivity contribution in [3.05, 3.63) is 11.1 Å². The van der Waals surface area contributed by atoms with Gasteiger partial charge in [-0.25, -0.2) is 8.42 Å². The lowest BCUT2D eigenvalue weighted by molar-refractivity contribution is -0.0479. The number of nitrogens with zero attached hydrogens (tertiary/aromatic N) is 2. The fourth-order valence-corrected chi connectivity index (χ4v) is 10.2. The monoisotopic (exact) mass is 495 g/mol. The van der Waals surface area contributed by atoms with Crippen LogP contribution in [-0.2, 0) is 14.8 Å². The molecule has 3 fully saturated rings. The molecule has 3 aliphatic carbocycles. The highest BCUT2D eigenvalue weighted by Gasteiger charge is 2.50. The third-order valence-electron chi connectivity index (χ3n) is 9.62. The minimum Gasteiger partial charge on any atom is -0.380 e. The Balaban J connectivity index is 1.50. The van der Waals surface area contributed by atoms with Crippen LogP contribution >= 0.6 is 0 Å². The first-order valence-corrected chi connectivity index (χ1v) is 15.4. The molecule has 7 heteroatoms. The van der Waals surface area contributed by atoms with Gasteiger partial charge in [0.1, 0.15) is 0 Å². The third kappa shape index (κ3) is 5.02. The molecule has 2 saturated carbocycles. The van der Waals surface area contributed by atoms with E-state index in [-0.39, 0.29) is 29.4 Å². The molecule has 4 aliphatic rings. The average molecular weight is 496 g/mol. The Hall–Kier alpha value is -0.470. The highest BCUT2D eigenvalue weighted by Crippen LogP contribution is 2.46. The Kier molecular flexibility index (Phi) is 8.83. The Morgan fingerprint density at radius 3 is 2.56 bits per heavy atom. The molecule has 0 amide bonds.